The first-order valence-corrected chi connectivity index (χ1v) is 4.48. The van der Waals surface area contributed by atoms with E-state index in [9.17, 15) is 9.90 Å². The zero-order chi connectivity index (χ0) is 10.1. The number of benzene rings is 1. The van der Waals surface area contributed by atoms with Crippen molar-refractivity contribution >= 4 is 10.8 Å². The van der Waals surface area contributed by atoms with Crippen LogP contribution in [-0.2, 0) is 0 Å². The zero-order valence-electron chi connectivity index (χ0n) is 7.82. The SMILES string of the molecule is CC(O)c1[nH]c(=O)cc2ccccc12. The molecule has 0 spiro atoms. The molecular weight excluding hydrogens is 178 g/mol. The number of H-pyrrole nitrogens is 1. The van der Waals surface area contributed by atoms with Gasteiger partial charge in [-0.15, -0.1) is 0 Å². The highest BCUT2D eigenvalue weighted by atomic mass is 16.3. The van der Waals surface area contributed by atoms with Gasteiger partial charge in [-0.3, -0.25) is 4.79 Å². The standard InChI is InChI=1S/C11H11NO2/c1-7(13)11-9-5-3-2-4-8(9)6-10(14)12-11/h2-7,13H,1H3,(H,12,14). The molecule has 0 aliphatic heterocycles. The molecule has 0 radical (unpaired) electrons. The molecule has 1 aromatic carbocycles. The molecule has 14 heavy (non-hydrogen) atoms. The van der Waals surface area contributed by atoms with Crippen molar-refractivity contribution in [1.29, 1.82) is 0 Å². The number of hydrogen-bond donors (Lipinski definition) is 2. The lowest BCUT2D eigenvalue weighted by atomic mass is 10.1. The summed E-state index contributed by atoms with van der Waals surface area (Å²) in [4.78, 5) is 13.9. The molecule has 2 aromatic rings. The first-order chi connectivity index (χ1) is 6.68. The van der Waals surface area contributed by atoms with Gasteiger partial charge in [0, 0.05) is 11.5 Å². The van der Waals surface area contributed by atoms with E-state index in [0.29, 0.717) is 5.69 Å². The van der Waals surface area contributed by atoms with Crippen LogP contribution < -0.4 is 5.56 Å². The van der Waals surface area contributed by atoms with Crippen molar-refractivity contribution in [3.63, 3.8) is 0 Å². The highest BCUT2D eigenvalue weighted by Crippen LogP contribution is 2.19. The van der Waals surface area contributed by atoms with E-state index in [1.165, 1.54) is 6.07 Å². The third kappa shape index (κ3) is 1.42. The maximum Gasteiger partial charge on any atom is 0.248 e. The normalized spacial score (nSPS) is 13.0. The van der Waals surface area contributed by atoms with E-state index in [-0.39, 0.29) is 5.56 Å². The minimum absolute atomic E-state index is 0.181. The third-order valence-corrected chi connectivity index (χ3v) is 2.21. The quantitative estimate of drug-likeness (QED) is 0.715. The summed E-state index contributed by atoms with van der Waals surface area (Å²) >= 11 is 0. The predicted molar refractivity (Wildman–Crippen MR) is 55.2 cm³/mol. The molecule has 1 heterocycles. The Labute approximate surface area is 81.0 Å². The van der Waals surface area contributed by atoms with E-state index in [0.717, 1.165) is 10.8 Å². The van der Waals surface area contributed by atoms with Gasteiger partial charge in [0.1, 0.15) is 0 Å². The largest absolute Gasteiger partial charge is 0.387 e. The second kappa shape index (κ2) is 3.27. The van der Waals surface area contributed by atoms with E-state index in [4.69, 9.17) is 0 Å². The molecule has 1 unspecified atom stereocenters. The van der Waals surface area contributed by atoms with Gasteiger partial charge >= 0.3 is 0 Å². The van der Waals surface area contributed by atoms with E-state index in [1.807, 2.05) is 24.3 Å². The fourth-order valence-corrected chi connectivity index (χ4v) is 1.58. The third-order valence-electron chi connectivity index (χ3n) is 2.21. The van der Waals surface area contributed by atoms with Crippen LogP contribution in [0.4, 0.5) is 0 Å². The molecule has 0 fully saturated rings. The predicted octanol–water partition coefficient (Wildman–Crippen LogP) is 1.58. The Kier molecular flexibility index (Phi) is 2.09. The number of aliphatic hydroxyl groups is 1. The molecule has 72 valence electrons. The highest BCUT2D eigenvalue weighted by Gasteiger charge is 2.06. The molecule has 0 bridgehead atoms. The van der Waals surface area contributed by atoms with Gasteiger partial charge in [0.25, 0.3) is 0 Å². The first kappa shape index (κ1) is 8.97. The molecule has 0 saturated heterocycles. The lowest BCUT2D eigenvalue weighted by molar-refractivity contribution is 0.196. The van der Waals surface area contributed by atoms with E-state index >= 15 is 0 Å². The molecule has 2 rings (SSSR count). The first-order valence-electron chi connectivity index (χ1n) is 4.48. The Morgan fingerprint density at radius 3 is 2.79 bits per heavy atom. The Morgan fingerprint density at radius 1 is 1.36 bits per heavy atom. The number of aromatic amines is 1. The fourth-order valence-electron chi connectivity index (χ4n) is 1.58. The summed E-state index contributed by atoms with van der Waals surface area (Å²) in [5, 5.41) is 11.2. The summed E-state index contributed by atoms with van der Waals surface area (Å²) in [5.74, 6) is 0. The van der Waals surface area contributed by atoms with Crippen molar-refractivity contribution in [2.75, 3.05) is 0 Å². The molecule has 0 aliphatic rings. The van der Waals surface area contributed by atoms with Crippen LogP contribution in [0.15, 0.2) is 35.1 Å². The molecule has 0 amide bonds. The lowest BCUT2D eigenvalue weighted by Crippen LogP contribution is -2.09. The van der Waals surface area contributed by atoms with Crippen molar-refractivity contribution in [3.8, 4) is 0 Å². The fraction of sp³-hybridized carbons (Fsp3) is 0.182. The average molecular weight is 189 g/mol. The highest BCUT2D eigenvalue weighted by molar-refractivity contribution is 5.84. The van der Waals surface area contributed by atoms with Gasteiger partial charge in [-0.05, 0) is 12.3 Å². The Hall–Kier alpha value is -1.61. The van der Waals surface area contributed by atoms with Crippen molar-refractivity contribution in [3.05, 3.63) is 46.4 Å². The second-order valence-corrected chi connectivity index (χ2v) is 3.31. The lowest BCUT2D eigenvalue weighted by Gasteiger charge is -2.07. The Bertz CT molecular complexity index is 514. The van der Waals surface area contributed by atoms with Crippen molar-refractivity contribution in [1.82, 2.24) is 4.98 Å². The molecule has 1 atom stereocenters. The summed E-state index contributed by atoms with van der Waals surface area (Å²) < 4.78 is 0. The number of nitrogens with one attached hydrogen (secondary N) is 1. The summed E-state index contributed by atoms with van der Waals surface area (Å²) in [7, 11) is 0. The zero-order valence-corrected chi connectivity index (χ0v) is 7.82. The number of fused-ring (bicyclic) bond motifs is 1. The van der Waals surface area contributed by atoms with Crippen LogP contribution in [0, 0.1) is 0 Å². The van der Waals surface area contributed by atoms with Crippen LogP contribution in [0.2, 0.25) is 0 Å². The maximum atomic E-state index is 11.2. The van der Waals surface area contributed by atoms with E-state index in [2.05, 4.69) is 4.98 Å². The number of pyridine rings is 1. The molecule has 2 N–H and O–H groups in total. The van der Waals surface area contributed by atoms with E-state index < -0.39 is 6.10 Å². The number of hydrogen-bond acceptors (Lipinski definition) is 2. The van der Waals surface area contributed by atoms with Gasteiger partial charge in [-0.25, -0.2) is 0 Å². The van der Waals surface area contributed by atoms with Gasteiger partial charge in [-0.2, -0.15) is 0 Å². The van der Waals surface area contributed by atoms with Crippen LogP contribution in [0.1, 0.15) is 18.7 Å². The summed E-state index contributed by atoms with van der Waals surface area (Å²) in [6.07, 6.45) is -0.659. The molecule has 0 saturated carbocycles. The molecule has 0 aliphatic carbocycles. The summed E-state index contributed by atoms with van der Waals surface area (Å²) in [6.45, 7) is 1.64. The van der Waals surface area contributed by atoms with Gasteiger partial charge in [0.05, 0.1) is 11.8 Å². The Morgan fingerprint density at radius 2 is 2.07 bits per heavy atom. The number of rotatable bonds is 1. The van der Waals surface area contributed by atoms with Gasteiger partial charge < -0.3 is 10.1 Å². The van der Waals surface area contributed by atoms with Crippen molar-refractivity contribution in [2.45, 2.75) is 13.0 Å². The van der Waals surface area contributed by atoms with Gasteiger partial charge in [0.2, 0.25) is 5.56 Å². The number of aromatic nitrogens is 1. The van der Waals surface area contributed by atoms with Gasteiger partial charge in [0.15, 0.2) is 0 Å². The molecule has 1 aromatic heterocycles. The van der Waals surface area contributed by atoms with Crippen LogP contribution in [-0.4, -0.2) is 10.1 Å². The summed E-state index contributed by atoms with van der Waals surface area (Å²) in [5.41, 5.74) is 0.396. The minimum atomic E-state index is -0.659. The van der Waals surface area contributed by atoms with Crippen molar-refractivity contribution in [2.24, 2.45) is 0 Å². The monoisotopic (exact) mass is 189 g/mol. The minimum Gasteiger partial charge on any atom is -0.387 e. The summed E-state index contributed by atoms with van der Waals surface area (Å²) in [6, 6.07) is 9.02. The van der Waals surface area contributed by atoms with Crippen LogP contribution >= 0.6 is 0 Å². The van der Waals surface area contributed by atoms with E-state index in [1.54, 1.807) is 6.92 Å². The van der Waals surface area contributed by atoms with Crippen molar-refractivity contribution < 1.29 is 5.11 Å². The van der Waals surface area contributed by atoms with Gasteiger partial charge in [-0.1, -0.05) is 24.3 Å². The smallest absolute Gasteiger partial charge is 0.248 e. The molecular formula is C11H11NO2. The van der Waals surface area contributed by atoms with Crippen LogP contribution in [0.3, 0.4) is 0 Å². The topological polar surface area (TPSA) is 53.1 Å². The maximum absolute atomic E-state index is 11.2. The molecule has 3 heteroatoms. The van der Waals surface area contributed by atoms with Crippen LogP contribution in [0.25, 0.3) is 10.8 Å². The Balaban J connectivity index is 2.87. The molecule has 3 nitrogen and oxygen atoms in total. The average Bonchev–Trinajstić information content (AvgIpc) is 2.16. The second-order valence-electron chi connectivity index (χ2n) is 3.31. The van der Waals surface area contributed by atoms with Crippen LogP contribution in [0.5, 0.6) is 0 Å². The number of aliphatic hydroxyl groups excluding tert-OH is 1.